The molecule has 118 valence electrons. The van der Waals surface area contributed by atoms with Crippen LogP contribution in [0.3, 0.4) is 0 Å². The van der Waals surface area contributed by atoms with E-state index in [-0.39, 0.29) is 4.47 Å². The molecule has 0 bridgehead atoms. The minimum Gasteiger partial charge on any atom is -0.480 e. The van der Waals surface area contributed by atoms with Crippen LogP contribution in [0.4, 0.5) is 8.78 Å². The monoisotopic (exact) mass is 385 g/mol. The van der Waals surface area contributed by atoms with E-state index in [2.05, 4.69) is 15.9 Å². The van der Waals surface area contributed by atoms with E-state index in [4.69, 9.17) is 5.11 Å². The number of rotatable bonds is 6. The Morgan fingerprint density at radius 2 is 2.00 bits per heavy atom. The van der Waals surface area contributed by atoms with Crippen LogP contribution < -0.4 is 4.72 Å². The summed E-state index contributed by atoms with van der Waals surface area (Å²) < 4.78 is 52.6. The van der Waals surface area contributed by atoms with Crippen molar-refractivity contribution in [1.82, 2.24) is 4.72 Å². The maximum atomic E-state index is 13.7. The zero-order valence-electron chi connectivity index (χ0n) is 11.2. The van der Waals surface area contributed by atoms with Crippen molar-refractivity contribution < 1.29 is 27.1 Å². The van der Waals surface area contributed by atoms with E-state index in [1.807, 2.05) is 4.72 Å². The van der Waals surface area contributed by atoms with Crippen LogP contribution in [0.5, 0.6) is 0 Å². The van der Waals surface area contributed by atoms with Crippen molar-refractivity contribution in [3.63, 3.8) is 0 Å². The second kappa shape index (κ2) is 6.80. The molecule has 21 heavy (non-hydrogen) atoms. The van der Waals surface area contributed by atoms with Crippen LogP contribution in [0.15, 0.2) is 21.5 Å². The summed E-state index contributed by atoms with van der Waals surface area (Å²) in [6.45, 7) is 3.25. The maximum Gasteiger partial charge on any atom is 0.322 e. The highest BCUT2D eigenvalue weighted by Crippen LogP contribution is 2.27. The molecule has 2 N–H and O–H groups in total. The molecular formula is C12H14BrF2NO4S. The highest BCUT2D eigenvalue weighted by atomic mass is 79.9. The molecule has 0 amide bonds. The van der Waals surface area contributed by atoms with Crippen molar-refractivity contribution in [2.45, 2.75) is 31.2 Å². The van der Waals surface area contributed by atoms with E-state index in [0.717, 1.165) is 6.07 Å². The molecule has 0 aromatic heterocycles. The average Bonchev–Trinajstić information content (AvgIpc) is 2.33. The van der Waals surface area contributed by atoms with Crippen LogP contribution in [0.1, 0.15) is 20.3 Å². The minimum atomic E-state index is -4.46. The fourth-order valence-electron chi connectivity index (χ4n) is 1.66. The lowest BCUT2D eigenvalue weighted by Gasteiger charge is -2.20. The summed E-state index contributed by atoms with van der Waals surface area (Å²) in [4.78, 5) is 10.3. The Kier molecular flexibility index (Phi) is 5.83. The third-order valence-corrected chi connectivity index (χ3v) is 5.40. The number of hydrogen-bond acceptors (Lipinski definition) is 3. The first kappa shape index (κ1) is 18.0. The van der Waals surface area contributed by atoms with E-state index < -0.39 is 44.5 Å². The van der Waals surface area contributed by atoms with Crippen molar-refractivity contribution in [3.05, 3.63) is 28.2 Å². The van der Waals surface area contributed by atoms with Gasteiger partial charge in [0.15, 0.2) is 0 Å². The molecule has 1 rings (SSSR count). The van der Waals surface area contributed by atoms with Gasteiger partial charge in [0.05, 0.1) is 0 Å². The number of halogens is 3. The summed E-state index contributed by atoms with van der Waals surface area (Å²) >= 11 is 2.77. The maximum absolute atomic E-state index is 13.7. The highest BCUT2D eigenvalue weighted by Gasteiger charge is 2.32. The van der Waals surface area contributed by atoms with Crippen LogP contribution in [-0.2, 0) is 14.8 Å². The van der Waals surface area contributed by atoms with Crippen molar-refractivity contribution in [1.29, 1.82) is 0 Å². The number of nitrogens with one attached hydrogen (secondary N) is 1. The largest absolute Gasteiger partial charge is 0.480 e. The van der Waals surface area contributed by atoms with E-state index >= 15 is 0 Å². The summed E-state index contributed by atoms with van der Waals surface area (Å²) in [6.07, 6.45) is 0.409. The normalized spacial score (nSPS) is 14.7. The van der Waals surface area contributed by atoms with Gasteiger partial charge in [-0.05, 0) is 27.9 Å². The molecule has 0 saturated heterocycles. The summed E-state index contributed by atoms with van der Waals surface area (Å²) in [6, 6.07) is -0.203. The molecule has 9 heteroatoms. The van der Waals surface area contributed by atoms with Gasteiger partial charge in [-0.1, -0.05) is 20.3 Å². The smallest absolute Gasteiger partial charge is 0.322 e. The van der Waals surface area contributed by atoms with Gasteiger partial charge in [-0.15, -0.1) is 0 Å². The van der Waals surface area contributed by atoms with Crippen molar-refractivity contribution >= 4 is 31.9 Å². The number of benzene rings is 1. The number of carboxylic acids is 1. The molecule has 0 aliphatic heterocycles. The molecule has 5 nitrogen and oxygen atoms in total. The average molecular weight is 386 g/mol. The molecule has 0 aliphatic carbocycles. The molecule has 0 fully saturated rings. The SMILES string of the molecule is CCC(C)[C@H](NS(=O)(=O)c1c(F)cc(F)cc1Br)C(=O)O. The molecule has 1 aromatic carbocycles. The summed E-state index contributed by atoms with van der Waals surface area (Å²) in [5.74, 6) is -4.12. The molecular weight excluding hydrogens is 372 g/mol. The summed E-state index contributed by atoms with van der Waals surface area (Å²) in [7, 11) is -4.46. The van der Waals surface area contributed by atoms with Crippen LogP contribution in [0.2, 0.25) is 0 Å². The van der Waals surface area contributed by atoms with E-state index in [1.165, 1.54) is 0 Å². The van der Waals surface area contributed by atoms with Gasteiger partial charge in [0.25, 0.3) is 0 Å². The molecule has 0 radical (unpaired) electrons. The molecule has 0 aliphatic rings. The quantitative estimate of drug-likeness (QED) is 0.787. The van der Waals surface area contributed by atoms with Crippen molar-refractivity contribution in [3.8, 4) is 0 Å². The van der Waals surface area contributed by atoms with Gasteiger partial charge < -0.3 is 5.11 Å². The fourth-order valence-corrected chi connectivity index (χ4v) is 4.12. The zero-order valence-corrected chi connectivity index (χ0v) is 13.6. The Labute approximate surface area is 129 Å². The molecule has 0 saturated carbocycles. The van der Waals surface area contributed by atoms with Gasteiger partial charge in [-0.3, -0.25) is 4.79 Å². The van der Waals surface area contributed by atoms with Crippen LogP contribution in [-0.4, -0.2) is 25.5 Å². The first-order valence-corrected chi connectivity index (χ1v) is 8.27. The number of aliphatic carboxylic acids is 1. The predicted octanol–water partition coefficient (Wildman–Crippen LogP) is 2.50. The number of carbonyl (C=O) groups is 1. The summed E-state index contributed by atoms with van der Waals surface area (Å²) in [5, 5.41) is 9.08. The van der Waals surface area contributed by atoms with Crippen LogP contribution in [0, 0.1) is 17.6 Å². The van der Waals surface area contributed by atoms with Gasteiger partial charge in [0, 0.05) is 10.5 Å². The molecule has 1 aromatic rings. The lowest BCUT2D eigenvalue weighted by molar-refractivity contribution is -0.140. The lowest BCUT2D eigenvalue weighted by atomic mass is 10.0. The number of carboxylic acid groups (broad SMARTS) is 1. The van der Waals surface area contributed by atoms with Gasteiger partial charge in [-0.25, -0.2) is 17.2 Å². The number of sulfonamides is 1. The summed E-state index contributed by atoms with van der Waals surface area (Å²) in [5.41, 5.74) is 0. The predicted molar refractivity (Wildman–Crippen MR) is 75.3 cm³/mol. The molecule has 0 spiro atoms. The second-order valence-corrected chi connectivity index (χ2v) is 7.03. The van der Waals surface area contributed by atoms with Gasteiger partial charge in [0.2, 0.25) is 10.0 Å². The van der Waals surface area contributed by atoms with Crippen LogP contribution in [0.25, 0.3) is 0 Å². The number of hydrogen-bond donors (Lipinski definition) is 2. The van der Waals surface area contributed by atoms with Gasteiger partial charge >= 0.3 is 5.97 Å². The van der Waals surface area contributed by atoms with Gasteiger partial charge in [0.1, 0.15) is 22.6 Å². The second-order valence-electron chi connectivity index (χ2n) is 4.52. The topological polar surface area (TPSA) is 83.5 Å². The first-order valence-electron chi connectivity index (χ1n) is 5.99. The minimum absolute atomic E-state index is 0.319. The first-order chi connectivity index (χ1) is 9.60. The molecule has 2 atom stereocenters. The van der Waals surface area contributed by atoms with Crippen LogP contribution >= 0.6 is 15.9 Å². The Balaban J connectivity index is 3.26. The Bertz CT molecular complexity index is 628. The Morgan fingerprint density at radius 3 is 2.43 bits per heavy atom. The fraction of sp³-hybridized carbons (Fsp3) is 0.417. The highest BCUT2D eigenvalue weighted by molar-refractivity contribution is 9.10. The Morgan fingerprint density at radius 1 is 1.43 bits per heavy atom. The van der Waals surface area contributed by atoms with Gasteiger partial charge in [-0.2, -0.15) is 4.72 Å². The zero-order chi connectivity index (χ0) is 16.4. The third-order valence-electron chi connectivity index (χ3n) is 2.99. The Hall–Kier alpha value is -1.06. The van der Waals surface area contributed by atoms with E-state index in [1.54, 1.807) is 13.8 Å². The van der Waals surface area contributed by atoms with E-state index in [0.29, 0.717) is 12.5 Å². The standard InChI is InChI=1S/C12H14BrF2NO4S/c1-3-6(2)10(12(17)18)16-21(19,20)11-8(13)4-7(14)5-9(11)15/h4-6,10,16H,3H2,1-2H3,(H,17,18)/t6?,10-/m0/s1. The van der Waals surface area contributed by atoms with Crippen molar-refractivity contribution in [2.24, 2.45) is 5.92 Å². The van der Waals surface area contributed by atoms with Crippen molar-refractivity contribution in [2.75, 3.05) is 0 Å². The lowest BCUT2D eigenvalue weighted by Crippen LogP contribution is -2.45. The molecule has 1 unspecified atom stereocenters. The van der Waals surface area contributed by atoms with E-state index in [9.17, 15) is 22.0 Å². The molecule has 0 heterocycles. The third kappa shape index (κ3) is 4.21.